The van der Waals surface area contributed by atoms with Gasteiger partial charge in [0.2, 0.25) is 5.91 Å². The number of carbonyl (C=O) groups is 1. The third-order valence-corrected chi connectivity index (χ3v) is 4.45. The minimum absolute atomic E-state index is 0.0351. The van der Waals surface area contributed by atoms with Crippen LogP contribution in [0.5, 0.6) is 0 Å². The maximum atomic E-state index is 12.4. The smallest absolute Gasteiger partial charge is 0.243 e. The summed E-state index contributed by atoms with van der Waals surface area (Å²) in [6, 6.07) is 13.6. The van der Waals surface area contributed by atoms with Crippen LogP contribution < -0.4 is 15.5 Å². The minimum Gasteiger partial charge on any atom is -0.383 e. The highest BCUT2D eigenvalue weighted by atomic mass is 35.5. The number of carbonyl (C=O) groups excluding carboxylic acids is 1. The summed E-state index contributed by atoms with van der Waals surface area (Å²) >= 11 is 6.11. The zero-order valence-corrected chi connectivity index (χ0v) is 13.9. The van der Waals surface area contributed by atoms with Gasteiger partial charge in [0.25, 0.3) is 0 Å². The van der Waals surface area contributed by atoms with Crippen molar-refractivity contribution in [1.29, 1.82) is 0 Å². The second-order valence-corrected chi connectivity index (χ2v) is 6.09. The fraction of sp³-hybridized carbons (Fsp3) is 0.278. The molecular weight excluding hydrogens is 310 g/mol. The number of hydrogen-bond acceptors (Lipinski definition) is 3. The number of nitrogens with one attached hydrogen (secondary N) is 2. The van der Waals surface area contributed by atoms with Crippen LogP contribution in [0.3, 0.4) is 0 Å². The molecule has 23 heavy (non-hydrogen) atoms. The van der Waals surface area contributed by atoms with E-state index in [1.165, 1.54) is 0 Å². The molecule has 0 aliphatic carbocycles. The zero-order valence-electron chi connectivity index (χ0n) is 13.1. The SMILES string of the molecule is Cc1c(Cl)cccc1NC(=O)CN1CCCNc2ccccc21. The molecule has 1 heterocycles. The summed E-state index contributed by atoms with van der Waals surface area (Å²) in [6.07, 6.45) is 0.998. The monoisotopic (exact) mass is 329 g/mol. The lowest BCUT2D eigenvalue weighted by Gasteiger charge is -2.24. The Morgan fingerprint density at radius 2 is 2.09 bits per heavy atom. The molecule has 0 bridgehead atoms. The number of anilines is 3. The zero-order chi connectivity index (χ0) is 16.2. The van der Waals surface area contributed by atoms with E-state index in [9.17, 15) is 4.79 Å². The summed E-state index contributed by atoms with van der Waals surface area (Å²) in [7, 11) is 0. The summed E-state index contributed by atoms with van der Waals surface area (Å²) < 4.78 is 0. The lowest BCUT2D eigenvalue weighted by atomic mass is 10.2. The first-order valence-corrected chi connectivity index (χ1v) is 8.16. The van der Waals surface area contributed by atoms with Crippen LogP contribution in [-0.4, -0.2) is 25.5 Å². The van der Waals surface area contributed by atoms with E-state index in [1.807, 2.05) is 49.4 Å². The van der Waals surface area contributed by atoms with Crippen LogP contribution in [0.25, 0.3) is 0 Å². The second-order valence-electron chi connectivity index (χ2n) is 5.68. The van der Waals surface area contributed by atoms with Gasteiger partial charge in [-0.3, -0.25) is 4.79 Å². The van der Waals surface area contributed by atoms with Crippen molar-refractivity contribution >= 4 is 34.6 Å². The Morgan fingerprint density at radius 1 is 1.26 bits per heavy atom. The molecule has 0 atom stereocenters. The molecule has 1 amide bonds. The van der Waals surface area contributed by atoms with Crippen LogP contribution in [-0.2, 0) is 4.79 Å². The van der Waals surface area contributed by atoms with Crippen molar-refractivity contribution in [3.63, 3.8) is 0 Å². The van der Waals surface area contributed by atoms with Gasteiger partial charge < -0.3 is 15.5 Å². The Labute approximate surface area is 141 Å². The standard InChI is InChI=1S/C18H20ClN3O/c1-13-14(19)6-4-8-15(13)21-18(23)12-22-11-5-10-20-16-7-2-3-9-17(16)22/h2-4,6-9,20H,5,10-12H2,1H3,(H,21,23). The van der Waals surface area contributed by atoms with Crippen LogP contribution in [0.4, 0.5) is 17.1 Å². The molecule has 0 unspecified atom stereocenters. The van der Waals surface area contributed by atoms with Crippen LogP contribution in [0.15, 0.2) is 42.5 Å². The molecule has 2 aromatic rings. The fourth-order valence-electron chi connectivity index (χ4n) is 2.78. The molecule has 120 valence electrons. The molecule has 1 aliphatic heterocycles. The van der Waals surface area contributed by atoms with Crippen LogP contribution in [0.2, 0.25) is 5.02 Å². The molecule has 0 spiro atoms. The van der Waals surface area contributed by atoms with Gasteiger partial charge in [-0.25, -0.2) is 0 Å². The highest BCUT2D eigenvalue weighted by Crippen LogP contribution is 2.28. The number of amides is 1. The predicted octanol–water partition coefficient (Wildman–Crippen LogP) is 3.91. The molecule has 4 nitrogen and oxygen atoms in total. The van der Waals surface area contributed by atoms with Crippen LogP contribution >= 0.6 is 11.6 Å². The average Bonchev–Trinajstić information content (AvgIpc) is 2.75. The summed E-state index contributed by atoms with van der Waals surface area (Å²) in [6.45, 7) is 4.00. The van der Waals surface area contributed by atoms with Crippen LogP contribution in [0, 0.1) is 6.92 Å². The lowest BCUT2D eigenvalue weighted by molar-refractivity contribution is -0.115. The van der Waals surface area contributed by atoms with E-state index in [4.69, 9.17) is 11.6 Å². The molecule has 0 saturated heterocycles. The van der Waals surface area contributed by atoms with Crippen molar-refractivity contribution in [3.05, 3.63) is 53.1 Å². The van der Waals surface area contributed by atoms with E-state index in [1.54, 1.807) is 0 Å². The predicted molar refractivity (Wildman–Crippen MR) is 96.6 cm³/mol. The molecule has 2 aromatic carbocycles. The summed E-state index contributed by atoms with van der Waals surface area (Å²) in [5.74, 6) is -0.0351. The highest BCUT2D eigenvalue weighted by molar-refractivity contribution is 6.31. The van der Waals surface area contributed by atoms with Crippen LogP contribution in [0.1, 0.15) is 12.0 Å². The molecule has 0 radical (unpaired) electrons. The van der Waals surface area contributed by atoms with E-state index in [0.29, 0.717) is 11.6 Å². The molecule has 5 heteroatoms. The Morgan fingerprint density at radius 3 is 2.96 bits per heavy atom. The quantitative estimate of drug-likeness (QED) is 0.897. The Balaban J connectivity index is 1.74. The van der Waals surface area contributed by atoms with Crippen molar-refractivity contribution in [2.45, 2.75) is 13.3 Å². The van der Waals surface area contributed by atoms with Crippen molar-refractivity contribution in [3.8, 4) is 0 Å². The first-order valence-electron chi connectivity index (χ1n) is 7.78. The summed E-state index contributed by atoms with van der Waals surface area (Å²) in [5, 5.41) is 7.03. The van der Waals surface area contributed by atoms with E-state index in [-0.39, 0.29) is 5.91 Å². The maximum absolute atomic E-state index is 12.4. The number of para-hydroxylation sites is 2. The molecule has 0 fully saturated rings. The minimum atomic E-state index is -0.0351. The highest BCUT2D eigenvalue weighted by Gasteiger charge is 2.17. The first-order chi connectivity index (χ1) is 11.1. The number of benzene rings is 2. The number of halogens is 1. The Bertz CT molecular complexity index is 717. The fourth-order valence-corrected chi connectivity index (χ4v) is 2.96. The maximum Gasteiger partial charge on any atom is 0.243 e. The Kier molecular flexibility index (Phi) is 4.72. The van der Waals surface area contributed by atoms with Gasteiger partial charge in [0.15, 0.2) is 0 Å². The van der Waals surface area contributed by atoms with E-state index in [0.717, 1.165) is 42.1 Å². The topological polar surface area (TPSA) is 44.4 Å². The van der Waals surface area contributed by atoms with E-state index in [2.05, 4.69) is 15.5 Å². The van der Waals surface area contributed by atoms with Gasteiger partial charge in [0, 0.05) is 23.8 Å². The summed E-state index contributed by atoms with van der Waals surface area (Å²) in [5.41, 5.74) is 3.81. The largest absolute Gasteiger partial charge is 0.383 e. The third-order valence-electron chi connectivity index (χ3n) is 4.04. The van der Waals surface area contributed by atoms with Gasteiger partial charge in [0.1, 0.15) is 0 Å². The number of fused-ring (bicyclic) bond motifs is 1. The van der Waals surface area contributed by atoms with E-state index < -0.39 is 0 Å². The molecule has 0 saturated carbocycles. The van der Waals surface area contributed by atoms with Crippen molar-refractivity contribution in [2.24, 2.45) is 0 Å². The summed E-state index contributed by atoms with van der Waals surface area (Å²) in [4.78, 5) is 14.6. The van der Waals surface area contributed by atoms with Gasteiger partial charge in [-0.15, -0.1) is 0 Å². The van der Waals surface area contributed by atoms with Gasteiger partial charge in [-0.2, -0.15) is 0 Å². The Hall–Kier alpha value is -2.20. The van der Waals surface area contributed by atoms with Gasteiger partial charge in [-0.05, 0) is 43.2 Å². The van der Waals surface area contributed by atoms with Crippen molar-refractivity contribution in [2.75, 3.05) is 35.2 Å². The van der Waals surface area contributed by atoms with Gasteiger partial charge in [-0.1, -0.05) is 29.8 Å². The molecule has 3 rings (SSSR count). The molecule has 1 aliphatic rings. The second kappa shape index (κ2) is 6.92. The van der Waals surface area contributed by atoms with Crippen molar-refractivity contribution in [1.82, 2.24) is 0 Å². The number of rotatable bonds is 3. The normalized spacial score (nSPS) is 13.7. The third kappa shape index (κ3) is 3.59. The van der Waals surface area contributed by atoms with Crippen molar-refractivity contribution < 1.29 is 4.79 Å². The average molecular weight is 330 g/mol. The van der Waals surface area contributed by atoms with E-state index >= 15 is 0 Å². The molecular formula is C18H20ClN3O. The number of nitrogens with zero attached hydrogens (tertiary/aromatic N) is 1. The molecule has 0 aromatic heterocycles. The lowest BCUT2D eigenvalue weighted by Crippen LogP contribution is -2.33. The number of hydrogen-bond donors (Lipinski definition) is 2. The molecule has 2 N–H and O–H groups in total. The van der Waals surface area contributed by atoms with Gasteiger partial charge >= 0.3 is 0 Å². The first kappa shape index (κ1) is 15.7. The van der Waals surface area contributed by atoms with Gasteiger partial charge in [0.05, 0.1) is 17.9 Å².